The van der Waals surface area contributed by atoms with Gasteiger partial charge in [-0.3, -0.25) is 14.9 Å². The second kappa shape index (κ2) is 7.94. The first-order valence-corrected chi connectivity index (χ1v) is 9.41. The molecule has 3 heterocycles. The lowest BCUT2D eigenvalue weighted by Crippen LogP contribution is -2.28. The molecule has 2 aromatic heterocycles. The minimum Gasteiger partial charge on any atom is -0.302 e. The SMILES string of the molecule is CN(Cc1cccnc1)CC1CCN(Cc2ccc3ccccc3n2)C1. The van der Waals surface area contributed by atoms with Crippen molar-refractivity contribution in [3.63, 3.8) is 0 Å². The fourth-order valence-corrected chi connectivity index (χ4v) is 3.94. The minimum atomic E-state index is 0.733. The van der Waals surface area contributed by atoms with Crippen LogP contribution in [0.4, 0.5) is 0 Å². The first kappa shape index (κ1) is 17.1. The lowest BCUT2D eigenvalue weighted by atomic mass is 10.1. The van der Waals surface area contributed by atoms with Gasteiger partial charge in [-0.1, -0.05) is 30.3 Å². The Morgan fingerprint density at radius 1 is 1.12 bits per heavy atom. The predicted octanol–water partition coefficient (Wildman–Crippen LogP) is 3.58. The van der Waals surface area contributed by atoms with Crippen molar-refractivity contribution < 1.29 is 0 Å². The molecule has 0 aliphatic carbocycles. The molecule has 0 amide bonds. The highest BCUT2D eigenvalue weighted by molar-refractivity contribution is 5.78. The van der Waals surface area contributed by atoms with E-state index >= 15 is 0 Å². The van der Waals surface area contributed by atoms with Crippen LogP contribution < -0.4 is 0 Å². The van der Waals surface area contributed by atoms with Crippen LogP contribution in [0, 0.1) is 5.92 Å². The fraction of sp³-hybridized carbons (Fsp3) is 0.364. The zero-order valence-electron chi connectivity index (χ0n) is 15.4. The maximum absolute atomic E-state index is 4.82. The van der Waals surface area contributed by atoms with E-state index in [0.717, 1.165) is 37.6 Å². The van der Waals surface area contributed by atoms with Crippen LogP contribution in [0.25, 0.3) is 10.9 Å². The molecule has 3 aromatic rings. The first-order valence-electron chi connectivity index (χ1n) is 9.41. The van der Waals surface area contributed by atoms with Crippen LogP contribution in [-0.4, -0.2) is 46.4 Å². The van der Waals surface area contributed by atoms with Gasteiger partial charge in [-0.15, -0.1) is 0 Å². The van der Waals surface area contributed by atoms with Crippen LogP contribution in [0.5, 0.6) is 0 Å². The topological polar surface area (TPSA) is 32.3 Å². The van der Waals surface area contributed by atoms with E-state index in [1.807, 2.05) is 18.5 Å². The van der Waals surface area contributed by atoms with Crippen LogP contribution >= 0.6 is 0 Å². The average Bonchev–Trinajstić information content (AvgIpc) is 3.09. The summed E-state index contributed by atoms with van der Waals surface area (Å²) in [6.45, 7) is 5.38. The Balaban J connectivity index is 1.30. The van der Waals surface area contributed by atoms with Crippen molar-refractivity contribution in [2.75, 3.05) is 26.7 Å². The molecule has 1 fully saturated rings. The number of hydrogen-bond donors (Lipinski definition) is 0. The molecule has 1 aliphatic heterocycles. The molecule has 1 aromatic carbocycles. The molecule has 1 aliphatic rings. The Hall–Kier alpha value is -2.30. The summed E-state index contributed by atoms with van der Waals surface area (Å²) < 4.78 is 0. The molecule has 0 N–H and O–H groups in total. The van der Waals surface area contributed by atoms with Gasteiger partial charge in [0.05, 0.1) is 11.2 Å². The number of rotatable bonds is 6. The quantitative estimate of drug-likeness (QED) is 0.683. The van der Waals surface area contributed by atoms with Crippen LogP contribution in [0.15, 0.2) is 60.9 Å². The monoisotopic (exact) mass is 346 g/mol. The van der Waals surface area contributed by atoms with E-state index in [4.69, 9.17) is 4.98 Å². The van der Waals surface area contributed by atoms with Gasteiger partial charge in [0.1, 0.15) is 0 Å². The average molecular weight is 346 g/mol. The highest BCUT2D eigenvalue weighted by atomic mass is 15.2. The highest BCUT2D eigenvalue weighted by Gasteiger charge is 2.23. The van der Waals surface area contributed by atoms with Gasteiger partial charge in [0.2, 0.25) is 0 Å². The number of fused-ring (bicyclic) bond motifs is 1. The maximum atomic E-state index is 4.82. The van der Waals surface area contributed by atoms with Crippen molar-refractivity contribution in [2.45, 2.75) is 19.5 Å². The maximum Gasteiger partial charge on any atom is 0.0705 e. The normalized spacial score (nSPS) is 18.0. The summed E-state index contributed by atoms with van der Waals surface area (Å²) in [5, 5.41) is 1.22. The zero-order chi connectivity index (χ0) is 17.8. The zero-order valence-corrected chi connectivity index (χ0v) is 15.4. The van der Waals surface area contributed by atoms with E-state index in [0.29, 0.717) is 0 Å². The number of para-hydroxylation sites is 1. The third-order valence-electron chi connectivity index (χ3n) is 5.16. The number of hydrogen-bond acceptors (Lipinski definition) is 4. The van der Waals surface area contributed by atoms with Gasteiger partial charge in [0.15, 0.2) is 0 Å². The van der Waals surface area contributed by atoms with Crippen LogP contribution in [-0.2, 0) is 13.1 Å². The van der Waals surface area contributed by atoms with E-state index in [-0.39, 0.29) is 0 Å². The molecule has 4 rings (SSSR count). The molecule has 4 heteroatoms. The molecule has 1 atom stereocenters. The second-order valence-corrected chi connectivity index (χ2v) is 7.44. The summed E-state index contributed by atoms with van der Waals surface area (Å²) in [4.78, 5) is 14.0. The number of nitrogens with zero attached hydrogens (tertiary/aromatic N) is 4. The molecule has 26 heavy (non-hydrogen) atoms. The summed E-state index contributed by atoms with van der Waals surface area (Å²) >= 11 is 0. The Morgan fingerprint density at radius 3 is 2.92 bits per heavy atom. The summed E-state index contributed by atoms with van der Waals surface area (Å²) in [5.41, 5.74) is 3.55. The van der Waals surface area contributed by atoms with Crippen molar-refractivity contribution in [3.8, 4) is 0 Å². The molecule has 0 bridgehead atoms. The predicted molar refractivity (Wildman–Crippen MR) is 106 cm³/mol. The third-order valence-corrected chi connectivity index (χ3v) is 5.16. The van der Waals surface area contributed by atoms with Crippen LogP contribution in [0.3, 0.4) is 0 Å². The van der Waals surface area contributed by atoms with Crippen molar-refractivity contribution in [1.82, 2.24) is 19.8 Å². The summed E-state index contributed by atoms with van der Waals surface area (Å²) in [6, 6.07) is 16.9. The highest BCUT2D eigenvalue weighted by Crippen LogP contribution is 2.20. The van der Waals surface area contributed by atoms with Crippen molar-refractivity contribution >= 4 is 10.9 Å². The number of aromatic nitrogens is 2. The van der Waals surface area contributed by atoms with E-state index in [9.17, 15) is 0 Å². The fourth-order valence-electron chi connectivity index (χ4n) is 3.94. The van der Waals surface area contributed by atoms with Crippen molar-refractivity contribution in [3.05, 3.63) is 72.2 Å². The number of pyridine rings is 2. The summed E-state index contributed by atoms with van der Waals surface area (Å²) in [6.07, 6.45) is 5.06. The molecule has 0 spiro atoms. The smallest absolute Gasteiger partial charge is 0.0705 e. The molecule has 4 nitrogen and oxygen atoms in total. The largest absolute Gasteiger partial charge is 0.302 e. The van der Waals surface area contributed by atoms with Gasteiger partial charge in [0, 0.05) is 44.0 Å². The Kier molecular flexibility index (Phi) is 5.23. The van der Waals surface area contributed by atoms with E-state index in [1.54, 1.807) is 0 Å². The molecule has 0 radical (unpaired) electrons. The van der Waals surface area contributed by atoms with Gasteiger partial charge in [0.25, 0.3) is 0 Å². The Morgan fingerprint density at radius 2 is 2.04 bits per heavy atom. The van der Waals surface area contributed by atoms with Gasteiger partial charge in [-0.2, -0.15) is 0 Å². The van der Waals surface area contributed by atoms with Crippen molar-refractivity contribution in [2.24, 2.45) is 5.92 Å². The standard InChI is InChI=1S/C22H26N4/c1-25(14-18-5-4-11-23-13-18)15-19-10-12-26(16-19)17-21-9-8-20-6-2-3-7-22(20)24-21/h2-9,11,13,19H,10,12,14-17H2,1H3. The minimum absolute atomic E-state index is 0.733. The number of benzene rings is 1. The molecule has 1 unspecified atom stereocenters. The van der Waals surface area contributed by atoms with Crippen molar-refractivity contribution in [1.29, 1.82) is 0 Å². The lowest BCUT2D eigenvalue weighted by molar-refractivity contribution is 0.254. The molecular formula is C22H26N4. The van der Waals surface area contributed by atoms with Gasteiger partial charge < -0.3 is 4.90 Å². The Labute approximate surface area is 155 Å². The van der Waals surface area contributed by atoms with Crippen LogP contribution in [0.2, 0.25) is 0 Å². The van der Waals surface area contributed by atoms with Crippen LogP contribution in [0.1, 0.15) is 17.7 Å². The lowest BCUT2D eigenvalue weighted by Gasteiger charge is -2.21. The Bertz CT molecular complexity index is 849. The van der Waals surface area contributed by atoms with Gasteiger partial charge >= 0.3 is 0 Å². The third kappa shape index (κ3) is 4.26. The number of likely N-dealkylation sites (tertiary alicyclic amines) is 1. The van der Waals surface area contributed by atoms with E-state index < -0.39 is 0 Å². The second-order valence-electron chi connectivity index (χ2n) is 7.44. The molecule has 0 saturated carbocycles. The molecule has 1 saturated heterocycles. The first-order chi connectivity index (χ1) is 12.8. The van der Waals surface area contributed by atoms with E-state index in [2.05, 4.69) is 64.3 Å². The molecule has 134 valence electrons. The molecular weight excluding hydrogens is 320 g/mol. The summed E-state index contributed by atoms with van der Waals surface area (Å²) in [5.74, 6) is 0.733. The van der Waals surface area contributed by atoms with Gasteiger partial charge in [-0.05, 0) is 49.7 Å². The summed E-state index contributed by atoms with van der Waals surface area (Å²) in [7, 11) is 2.21. The van der Waals surface area contributed by atoms with E-state index in [1.165, 1.54) is 29.6 Å². The van der Waals surface area contributed by atoms with Gasteiger partial charge in [-0.25, -0.2) is 0 Å².